The van der Waals surface area contributed by atoms with Gasteiger partial charge >= 0.3 is 5.97 Å². The molecule has 0 bridgehead atoms. The Balaban J connectivity index is 2.57. The van der Waals surface area contributed by atoms with Gasteiger partial charge in [0.2, 0.25) is 5.91 Å². The van der Waals surface area contributed by atoms with E-state index in [0.29, 0.717) is 6.07 Å². The Bertz CT molecular complexity index is 694. The summed E-state index contributed by atoms with van der Waals surface area (Å²) in [5.41, 5.74) is -1.10. The van der Waals surface area contributed by atoms with Gasteiger partial charge in [-0.2, -0.15) is 0 Å². The van der Waals surface area contributed by atoms with Crippen LogP contribution in [0.2, 0.25) is 0 Å². The number of carbonyl (C=O) groups is 3. The number of halogens is 2. The van der Waals surface area contributed by atoms with Gasteiger partial charge in [0.15, 0.2) is 0 Å². The summed E-state index contributed by atoms with van der Waals surface area (Å²) in [6.07, 6.45) is -0.0307. The molecule has 8 heteroatoms. The van der Waals surface area contributed by atoms with Crippen molar-refractivity contribution in [3.63, 3.8) is 0 Å². The van der Waals surface area contributed by atoms with Crippen LogP contribution >= 0.6 is 0 Å². The van der Waals surface area contributed by atoms with Gasteiger partial charge in [-0.15, -0.1) is 0 Å². The van der Waals surface area contributed by atoms with E-state index in [4.69, 9.17) is 4.74 Å². The van der Waals surface area contributed by atoms with Crippen LogP contribution in [0, 0.1) is 17.6 Å². The van der Waals surface area contributed by atoms with Crippen molar-refractivity contribution in [2.45, 2.75) is 46.1 Å². The molecule has 0 radical (unpaired) electrons. The van der Waals surface area contributed by atoms with E-state index in [9.17, 15) is 23.2 Å². The zero-order chi connectivity index (χ0) is 20.6. The highest BCUT2D eigenvalue weighted by Crippen LogP contribution is 2.21. The average molecular weight is 384 g/mol. The highest BCUT2D eigenvalue weighted by atomic mass is 19.1. The van der Waals surface area contributed by atoms with Gasteiger partial charge in [0.1, 0.15) is 11.6 Å². The number of hydrogen-bond acceptors (Lipinski definition) is 4. The number of benzene rings is 1. The van der Waals surface area contributed by atoms with Crippen molar-refractivity contribution < 1.29 is 27.9 Å². The van der Waals surface area contributed by atoms with E-state index >= 15 is 0 Å². The minimum Gasteiger partial charge on any atom is -0.466 e. The van der Waals surface area contributed by atoms with Gasteiger partial charge in [0, 0.05) is 24.6 Å². The maximum absolute atomic E-state index is 13.6. The largest absolute Gasteiger partial charge is 0.466 e. The van der Waals surface area contributed by atoms with Gasteiger partial charge in [0.05, 0.1) is 18.6 Å². The predicted molar refractivity (Wildman–Crippen MR) is 95.9 cm³/mol. The number of ether oxygens (including phenoxy) is 1. The number of nitrogens with one attached hydrogen (secondary N) is 2. The molecule has 2 amide bonds. The molecule has 0 heterocycles. The molecule has 6 nitrogen and oxygen atoms in total. The lowest BCUT2D eigenvalue weighted by Gasteiger charge is -2.34. The molecule has 0 aliphatic heterocycles. The summed E-state index contributed by atoms with van der Waals surface area (Å²) in [4.78, 5) is 35.9. The fourth-order valence-corrected chi connectivity index (χ4v) is 2.34. The monoisotopic (exact) mass is 384 g/mol. The van der Waals surface area contributed by atoms with E-state index in [1.807, 2.05) is 13.8 Å². The molecule has 2 N–H and O–H groups in total. The summed E-state index contributed by atoms with van der Waals surface area (Å²) in [5.74, 6) is -3.30. The molecule has 1 aromatic carbocycles. The van der Waals surface area contributed by atoms with E-state index in [1.54, 1.807) is 13.8 Å². The van der Waals surface area contributed by atoms with Gasteiger partial charge < -0.3 is 15.4 Å². The molecule has 0 saturated heterocycles. The quantitative estimate of drug-likeness (QED) is 0.641. The minimum atomic E-state index is -0.973. The minimum absolute atomic E-state index is 0.0252. The second-order valence-electron chi connectivity index (χ2n) is 6.73. The summed E-state index contributed by atoms with van der Waals surface area (Å²) in [6, 6.07) is 2.63. The molecular formula is C19H26F2N2O4. The zero-order valence-electron chi connectivity index (χ0n) is 16.0. The predicted octanol–water partition coefficient (Wildman–Crippen LogP) is 2.57. The third kappa shape index (κ3) is 6.96. The summed E-state index contributed by atoms with van der Waals surface area (Å²) in [6.45, 7) is 7.42. The lowest BCUT2D eigenvalue weighted by Crippen LogP contribution is -2.52. The molecule has 27 heavy (non-hydrogen) atoms. The van der Waals surface area contributed by atoms with E-state index < -0.39 is 29.0 Å². The van der Waals surface area contributed by atoms with Crippen molar-refractivity contribution in [1.29, 1.82) is 0 Å². The molecule has 0 aliphatic rings. The van der Waals surface area contributed by atoms with E-state index in [1.165, 1.54) is 0 Å². The summed E-state index contributed by atoms with van der Waals surface area (Å²) < 4.78 is 31.4. The molecular weight excluding hydrogens is 358 g/mol. The average Bonchev–Trinajstić information content (AvgIpc) is 2.54. The molecule has 1 aromatic rings. The Kier molecular flexibility index (Phi) is 8.33. The fraction of sp³-hybridized carbons (Fsp3) is 0.526. The first-order chi connectivity index (χ1) is 12.6. The Morgan fingerprint density at radius 3 is 2.44 bits per heavy atom. The number of carbonyl (C=O) groups excluding carboxylic acids is 3. The Hall–Kier alpha value is -2.51. The topological polar surface area (TPSA) is 84.5 Å². The van der Waals surface area contributed by atoms with Crippen LogP contribution < -0.4 is 10.6 Å². The molecule has 0 spiro atoms. The van der Waals surface area contributed by atoms with Crippen LogP contribution in [0.25, 0.3) is 0 Å². The van der Waals surface area contributed by atoms with Crippen LogP contribution in [0.3, 0.4) is 0 Å². The summed E-state index contributed by atoms with van der Waals surface area (Å²) >= 11 is 0. The van der Waals surface area contributed by atoms with Crippen molar-refractivity contribution in [2.24, 2.45) is 5.92 Å². The molecule has 150 valence electrons. The Labute approximate surface area is 157 Å². The molecule has 1 unspecified atom stereocenters. The molecule has 0 aliphatic carbocycles. The zero-order valence-corrected chi connectivity index (χ0v) is 16.0. The van der Waals surface area contributed by atoms with Crippen LogP contribution in [-0.2, 0) is 14.3 Å². The van der Waals surface area contributed by atoms with Crippen molar-refractivity contribution in [3.05, 3.63) is 35.4 Å². The first-order valence-corrected chi connectivity index (χ1v) is 8.79. The van der Waals surface area contributed by atoms with Crippen molar-refractivity contribution >= 4 is 17.8 Å². The number of rotatable bonds is 9. The Morgan fingerprint density at radius 1 is 1.22 bits per heavy atom. The van der Waals surface area contributed by atoms with Crippen LogP contribution in [0.5, 0.6) is 0 Å². The normalized spacial score (nSPS) is 13.0. The SMILES string of the molecule is CCOC(=O)CC(C)(NC(=O)CCNC(=O)c1ccc(F)cc1F)C(C)C. The van der Waals surface area contributed by atoms with Crippen LogP contribution in [0.15, 0.2) is 18.2 Å². The lowest BCUT2D eigenvalue weighted by molar-refractivity contribution is -0.145. The summed E-state index contributed by atoms with van der Waals surface area (Å²) in [7, 11) is 0. The van der Waals surface area contributed by atoms with E-state index in [0.717, 1.165) is 12.1 Å². The van der Waals surface area contributed by atoms with Crippen LogP contribution in [-0.4, -0.2) is 36.5 Å². The van der Waals surface area contributed by atoms with Crippen molar-refractivity contribution in [3.8, 4) is 0 Å². The second kappa shape index (κ2) is 9.99. The molecule has 1 atom stereocenters. The first kappa shape index (κ1) is 22.5. The molecule has 1 rings (SSSR count). The van der Waals surface area contributed by atoms with Crippen molar-refractivity contribution in [1.82, 2.24) is 10.6 Å². The Morgan fingerprint density at radius 2 is 1.89 bits per heavy atom. The van der Waals surface area contributed by atoms with Crippen molar-refractivity contribution in [2.75, 3.05) is 13.2 Å². The van der Waals surface area contributed by atoms with Gasteiger partial charge in [-0.1, -0.05) is 13.8 Å². The van der Waals surface area contributed by atoms with Gasteiger partial charge in [0.25, 0.3) is 5.91 Å². The molecule has 0 aromatic heterocycles. The number of amides is 2. The molecule has 0 fully saturated rings. The number of hydrogen-bond donors (Lipinski definition) is 2. The summed E-state index contributed by atoms with van der Waals surface area (Å²) in [5, 5.41) is 5.21. The maximum Gasteiger partial charge on any atom is 0.308 e. The number of esters is 1. The maximum atomic E-state index is 13.6. The smallest absolute Gasteiger partial charge is 0.308 e. The van der Waals surface area contributed by atoms with Gasteiger partial charge in [-0.05, 0) is 31.9 Å². The lowest BCUT2D eigenvalue weighted by atomic mass is 9.85. The second-order valence-corrected chi connectivity index (χ2v) is 6.73. The standard InChI is InChI=1S/C19H26F2N2O4/c1-5-27-17(25)11-19(4,12(2)3)23-16(24)8-9-22-18(26)14-7-6-13(20)10-15(14)21/h6-7,10,12H,5,8-9,11H2,1-4H3,(H,22,26)(H,23,24). The van der Waals surface area contributed by atoms with Crippen LogP contribution in [0.1, 0.15) is 50.9 Å². The highest BCUT2D eigenvalue weighted by Gasteiger charge is 2.33. The third-order valence-electron chi connectivity index (χ3n) is 4.33. The van der Waals surface area contributed by atoms with E-state index in [2.05, 4.69) is 10.6 Å². The first-order valence-electron chi connectivity index (χ1n) is 8.79. The third-order valence-corrected chi connectivity index (χ3v) is 4.33. The van der Waals surface area contributed by atoms with Crippen LogP contribution in [0.4, 0.5) is 8.78 Å². The van der Waals surface area contributed by atoms with Gasteiger partial charge in [-0.3, -0.25) is 14.4 Å². The molecule has 0 saturated carbocycles. The highest BCUT2D eigenvalue weighted by molar-refractivity contribution is 5.94. The van der Waals surface area contributed by atoms with Gasteiger partial charge in [-0.25, -0.2) is 8.78 Å². The van der Waals surface area contributed by atoms with E-state index in [-0.39, 0.29) is 43.4 Å². The fourth-order valence-electron chi connectivity index (χ4n) is 2.34.